The van der Waals surface area contributed by atoms with Crippen LogP contribution in [0, 0.1) is 0 Å². The Kier molecular flexibility index (Phi) is 9.59. The lowest BCUT2D eigenvalue weighted by atomic mass is 10.1. The third kappa shape index (κ3) is 7.25. The molecule has 0 radical (unpaired) electrons. The number of hydrogen-bond acceptors (Lipinski definition) is 4. The van der Waals surface area contributed by atoms with Crippen LogP contribution in [0.2, 0.25) is 10.0 Å². The van der Waals surface area contributed by atoms with Crippen LogP contribution in [-0.2, 0) is 26.2 Å². The number of hydrogen-bond donors (Lipinski definition) is 1. The van der Waals surface area contributed by atoms with Gasteiger partial charge in [0.25, 0.3) is 10.0 Å². The fraction of sp³-hybridized carbons (Fsp3) is 0.259. The number of sulfonamides is 1. The Bertz CT molecular complexity index is 1340. The summed E-state index contributed by atoms with van der Waals surface area (Å²) in [5, 5.41) is 3.48. The number of anilines is 1. The molecule has 7 nitrogen and oxygen atoms in total. The second-order valence-corrected chi connectivity index (χ2v) is 11.4. The molecule has 3 aromatic rings. The summed E-state index contributed by atoms with van der Waals surface area (Å²) in [5.41, 5.74) is 0.970. The highest BCUT2D eigenvalue weighted by molar-refractivity contribution is 7.92. The van der Waals surface area contributed by atoms with Crippen LogP contribution in [0.4, 0.5) is 5.69 Å². The fourth-order valence-electron chi connectivity index (χ4n) is 3.67. The van der Waals surface area contributed by atoms with Gasteiger partial charge in [0.15, 0.2) is 0 Å². The Labute approximate surface area is 228 Å². The van der Waals surface area contributed by atoms with Crippen molar-refractivity contribution in [3.05, 3.63) is 94.5 Å². The Hall–Kier alpha value is -3.07. The molecule has 10 heteroatoms. The molecule has 37 heavy (non-hydrogen) atoms. The minimum Gasteiger partial charge on any atom is -0.352 e. The first-order valence-corrected chi connectivity index (χ1v) is 13.9. The molecule has 0 unspecified atom stereocenters. The average Bonchev–Trinajstić information content (AvgIpc) is 2.87. The molecule has 3 aromatic carbocycles. The molecule has 0 saturated carbocycles. The highest BCUT2D eigenvalue weighted by Gasteiger charge is 2.32. The summed E-state index contributed by atoms with van der Waals surface area (Å²) >= 11 is 12.2. The van der Waals surface area contributed by atoms with Gasteiger partial charge in [0.1, 0.15) is 12.6 Å². The predicted molar refractivity (Wildman–Crippen MR) is 147 cm³/mol. The summed E-state index contributed by atoms with van der Waals surface area (Å²) in [6, 6.07) is 20.2. The normalized spacial score (nSPS) is 12.2. The molecule has 0 aliphatic rings. The minimum atomic E-state index is -4.09. The van der Waals surface area contributed by atoms with Gasteiger partial charge in [-0.3, -0.25) is 13.9 Å². The molecular weight excluding hydrogens is 533 g/mol. The first-order valence-electron chi connectivity index (χ1n) is 11.7. The molecule has 2 amide bonds. The molecule has 0 aliphatic heterocycles. The van der Waals surface area contributed by atoms with Crippen molar-refractivity contribution < 1.29 is 18.0 Å². The fourth-order valence-corrected chi connectivity index (χ4v) is 5.42. The van der Waals surface area contributed by atoms with E-state index in [4.69, 9.17) is 23.2 Å². The molecule has 1 N–H and O–H groups in total. The number of carbonyl (C=O) groups excluding carboxylic acids is 2. The van der Waals surface area contributed by atoms with Gasteiger partial charge in [-0.2, -0.15) is 0 Å². The Morgan fingerprint density at radius 2 is 1.46 bits per heavy atom. The van der Waals surface area contributed by atoms with E-state index in [0.29, 0.717) is 21.3 Å². The number of carbonyl (C=O) groups is 2. The first kappa shape index (κ1) is 28.5. The van der Waals surface area contributed by atoms with Crippen molar-refractivity contribution in [1.82, 2.24) is 10.2 Å². The molecule has 0 heterocycles. The van der Waals surface area contributed by atoms with Crippen molar-refractivity contribution >= 4 is 50.7 Å². The van der Waals surface area contributed by atoms with E-state index in [1.165, 1.54) is 17.0 Å². The second-order valence-electron chi connectivity index (χ2n) is 8.77. The average molecular weight is 563 g/mol. The van der Waals surface area contributed by atoms with E-state index in [0.717, 1.165) is 4.31 Å². The maximum absolute atomic E-state index is 13.8. The first-order chi connectivity index (χ1) is 17.5. The maximum atomic E-state index is 13.8. The maximum Gasteiger partial charge on any atom is 0.264 e. The van der Waals surface area contributed by atoms with Gasteiger partial charge in [-0.15, -0.1) is 0 Å². The zero-order valence-corrected chi connectivity index (χ0v) is 23.1. The van der Waals surface area contributed by atoms with E-state index in [-0.39, 0.29) is 23.4 Å². The van der Waals surface area contributed by atoms with E-state index >= 15 is 0 Å². The third-order valence-corrected chi connectivity index (χ3v) is 8.12. The van der Waals surface area contributed by atoms with Crippen LogP contribution in [0.1, 0.15) is 26.3 Å². The van der Waals surface area contributed by atoms with E-state index in [1.807, 2.05) is 13.8 Å². The lowest BCUT2D eigenvalue weighted by molar-refractivity contribution is -0.139. The quantitative estimate of drug-likeness (QED) is 0.371. The van der Waals surface area contributed by atoms with Crippen LogP contribution in [-0.4, -0.2) is 43.8 Å². The summed E-state index contributed by atoms with van der Waals surface area (Å²) in [5.74, 6) is -0.915. The Balaban J connectivity index is 2.00. The summed E-state index contributed by atoms with van der Waals surface area (Å²) in [7, 11) is -4.09. The number of amides is 2. The Morgan fingerprint density at radius 3 is 2.03 bits per heavy atom. The monoisotopic (exact) mass is 561 g/mol. The van der Waals surface area contributed by atoms with Crippen LogP contribution < -0.4 is 9.62 Å². The van der Waals surface area contributed by atoms with Crippen molar-refractivity contribution in [2.45, 2.75) is 44.3 Å². The zero-order chi connectivity index (χ0) is 27.2. The Morgan fingerprint density at radius 1 is 0.865 bits per heavy atom. The number of rotatable bonds is 10. The molecule has 0 aliphatic carbocycles. The zero-order valence-electron chi connectivity index (χ0n) is 20.8. The van der Waals surface area contributed by atoms with Gasteiger partial charge in [0.05, 0.1) is 20.6 Å². The topological polar surface area (TPSA) is 86.8 Å². The molecule has 0 bridgehead atoms. The number of nitrogens with one attached hydrogen (secondary N) is 1. The van der Waals surface area contributed by atoms with Gasteiger partial charge in [0, 0.05) is 12.6 Å². The summed E-state index contributed by atoms with van der Waals surface area (Å²) in [6.45, 7) is 4.75. The van der Waals surface area contributed by atoms with E-state index in [9.17, 15) is 18.0 Å². The number of benzene rings is 3. The number of para-hydroxylation sites is 1. The van der Waals surface area contributed by atoms with Crippen LogP contribution >= 0.6 is 23.2 Å². The van der Waals surface area contributed by atoms with Gasteiger partial charge in [-0.05, 0) is 62.7 Å². The van der Waals surface area contributed by atoms with Crippen LogP contribution in [0.25, 0.3) is 0 Å². The molecule has 196 valence electrons. The van der Waals surface area contributed by atoms with E-state index in [2.05, 4.69) is 5.32 Å². The summed E-state index contributed by atoms with van der Waals surface area (Å²) in [6.07, 6.45) is 0. The van der Waals surface area contributed by atoms with Crippen molar-refractivity contribution in [2.75, 3.05) is 10.8 Å². The minimum absolute atomic E-state index is 0.0242. The SMILES string of the molecule is CC(C)NC(=O)[C@@H](C)N(Cc1ccc(Cl)c(Cl)c1)C(=O)CN(c1ccccc1)S(=O)(=O)c1ccccc1. The van der Waals surface area contributed by atoms with Crippen LogP contribution in [0.5, 0.6) is 0 Å². The lowest BCUT2D eigenvalue weighted by Crippen LogP contribution is -2.52. The number of halogens is 2. The van der Waals surface area contributed by atoms with Crippen molar-refractivity contribution in [3.63, 3.8) is 0 Å². The summed E-state index contributed by atoms with van der Waals surface area (Å²) < 4.78 is 28.3. The molecule has 0 fully saturated rings. The largest absolute Gasteiger partial charge is 0.352 e. The highest BCUT2D eigenvalue weighted by Crippen LogP contribution is 2.26. The van der Waals surface area contributed by atoms with Gasteiger partial charge in [-0.25, -0.2) is 8.42 Å². The standard InChI is InChI=1S/C27H29Cl2N3O4S/c1-19(2)30-27(34)20(3)31(17-21-14-15-24(28)25(29)16-21)26(33)18-32(22-10-6-4-7-11-22)37(35,36)23-12-8-5-9-13-23/h4-16,19-20H,17-18H2,1-3H3,(H,30,34)/t20-/m1/s1. The summed E-state index contributed by atoms with van der Waals surface area (Å²) in [4.78, 5) is 28.1. The van der Waals surface area contributed by atoms with Crippen LogP contribution in [0.15, 0.2) is 83.8 Å². The predicted octanol–water partition coefficient (Wildman–Crippen LogP) is 5.13. The van der Waals surface area contributed by atoms with Crippen molar-refractivity contribution in [3.8, 4) is 0 Å². The molecule has 3 rings (SSSR count). The van der Waals surface area contributed by atoms with Crippen LogP contribution in [0.3, 0.4) is 0 Å². The molecule has 0 saturated heterocycles. The third-order valence-electron chi connectivity index (χ3n) is 5.59. The smallest absolute Gasteiger partial charge is 0.264 e. The molecule has 0 aromatic heterocycles. The van der Waals surface area contributed by atoms with Gasteiger partial charge in [0.2, 0.25) is 11.8 Å². The van der Waals surface area contributed by atoms with E-state index in [1.54, 1.807) is 73.7 Å². The second kappa shape index (κ2) is 12.4. The lowest BCUT2D eigenvalue weighted by Gasteiger charge is -2.32. The van der Waals surface area contributed by atoms with Gasteiger partial charge >= 0.3 is 0 Å². The molecule has 0 spiro atoms. The van der Waals surface area contributed by atoms with Crippen molar-refractivity contribution in [1.29, 1.82) is 0 Å². The molecular formula is C27H29Cl2N3O4S. The molecule has 1 atom stereocenters. The van der Waals surface area contributed by atoms with E-state index < -0.39 is 28.5 Å². The highest BCUT2D eigenvalue weighted by atomic mass is 35.5. The van der Waals surface area contributed by atoms with Crippen molar-refractivity contribution in [2.24, 2.45) is 0 Å². The van der Waals surface area contributed by atoms with Gasteiger partial charge < -0.3 is 10.2 Å². The van der Waals surface area contributed by atoms with Gasteiger partial charge in [-0.1, -0.05) is 65.7 Å². The number of nitrogens with zero attached hydrogens (tertiary/aromatic N) is 2.